The third-order valence-electron chi connectivity index (χ3n) is 2.66. The van der Waals surface area contributed by atoms with Gasteiger partial charge in [-0.1, -0.05) is 26.0 Å². The molecule has 1 aromatic carbocycles. The molecule has 1 aromatic rings. The van der Waals surface area contributed by atoms with Crippen molar-refractivity contribution in [2.45, 2.75) is 33.6 Å². The first-order valence-corrected chi connectivity index (χ1v) is 5.84. The van der Waals surface area contributed by atoms with E-state index < -0.39 is 0 Å². The highest BCUT2D eigenvalue weighted by atomic mass is 16.5. The van der Waals surface area contributed by atoms with Gasteiger partial charge in [0, 0.05) is 5.69 Å². The van der Waals surface area contributed by atoms with Gasteiger partial charge in [-0.25, -0.2) is 0 Å². The number of hydrogen-bond donors (Lipinski definition) is 3. The van der Waals surface area contributed by atoms with Gasteiger partial charge in [-0.2, -0.15) is 5.48 Å². The maximum absolute atomic E-state index is 8.51. The van der Waals surface area contributed by atoms with Crippen LogP contribution in [0.15, 0.2) is 18.2 Å². The molecule has 90 valence electrons. The molecular formula is C13H22N2O. The van der Waals surface area contributed by atoms with Gasteiger partial charge in [0.15, 0.2) is 0 Å². The number of rotatable bonds is 6. The molecule has 3 heteroatoms. The van der Waals surface area contributed by atoms with Gasteiger partial charge in [0.1, 0.15) is 0 Å². The van der Waals surface area contributed by atoms with Crippen molar-refractivity contribution < 1.29 is 5.21 Å². The van der Waals surface area contributed by atoms with Crippen LogP contribution in [0, 0.1) is 12.8 Å². The van der Waals surface area contributed by atoms with Crippen LogP contribution >= 0.6 is 0 Å². The number of benzene rings is 1. The fraction of sp³-hybridized carbons (Fsp3) is 0.538. The van der Waals surface area contributed by atoms with Crippen LogP contribution in [-0.2, 0) is 6.42 Å². The molecule has 0 saturated carbocycles. The van der Waals surface area contributed by atoms with Crippen molar-refractivity contribution in [2.24, 2.45) is 5.92 Å². The van der Waals surface area contributed by atoms with Crippen molar-refractivity contribution in [2.75, 3.05) is 12.0 Å². The molecule has 0 spiro atoms. The summed E-state index contributed by atoms with van der Waals surface area (Å²) in [6, 6.07) is 6.43. The van der Waals surface area contributed by atoms with E-state index in [2.05, 4.69) is 49.8 Å². The predicted octanol–water partition coefficient (Wildman–Crippen LogP) is 2.93. The van der Waals surface area contributed by atoms with Gasteiger partial charge in [0.2, 0.25) is 0 Å². The van der Waals surface area contributed by atoms with Gasteiger partial charge < -0.3 is 10.5 Å². The molecule has 3 nitrogen and oxygen atoms in total. The highest BCUT2D eigenvalue weighted by Crippen LogP contribution is 2.18. The summed E-state index contributed by atoms with van der Waals surface area (Å²) in [6.07, 6.45) is 2.36. The molecule has 0 saturated heterocycles. The lowest BCUT2D eigenvalue weighted by Gasteiger charge is -2.11. The summed E-state index contributed by atoms with van der Waals surface area (Å²) in [5.41, 5.74) is 5.75. The molecule has 0 aromatic heterocycles. The SMILES string of the molecule is Cc1cc(CCC(C)C)ccc1NCNO. The Morgan fingerprint density at radius 1 is 1.31 bits per heavy atom. The average Bonchev–Trinajstić information content (AvgIpc) is 2.25. The Balaban J connectivity index is 2.59. The van der Waals surface area contributed by atoms with Gasteiger partial charge >= 0.3 is 0 Å². The summed E-state index contributed by atoms with van der Waals surface area (Å²) in [5.74, 6) is 0.747. The standard InChI is InChI=1S/C13H22N2O/c1-10(2)4-5-12-6-7-13(11(3)8-12)14-9-15-16/h6-8,10,14-16H,4-5,9H2,1-3H3. The number of hydroxylamine groups is 1. The van der Waals surface area contributed by atoms with E-state index in [4.69, 9.17) is 5.21 Å². The first-order valence-electron chi connectivity index (χ1n) is 5.84. The maximum atomic E-state index is 8.51. The van der Waals surface area contributed by atoms with Crippen LogP contribution in [0.3, 0.4) is 0 Å². The minimum absolute atomic E-state index is 0.367. The van der Waals surface area contributed by atoms with Gasteiger partial charge in [-0.3, -0.25) is 0 Å². The van der Waals surface area contributed by atoms with E-state index in [0.717, 1.165) is 18.0 Å². The topological polar surface area (TPSA) is 44.3 Å². The van der Waals surface area contributed by atoms with Crippen molar-refractivity contribution in [3.63, 3.8) is 0 Å². The Labute approximate surface area is 97.8 Å². The third-order valence-corrected chi connectivity index (χ3v) is 2.66. The second-order valence-electron chi connectivity index (χ2n) is 4.59. The summed E-state index contributed by atoms with van der Waals surface area (Å²) in [6.45, 7) is 6.94. The minimum Gasteiger partial charge on any atom is -0.370 e. The van der Waals surface area contributed by atoms with Crippen molar-refractivity contribution in [1.82, 2.24) is 5.48 Å². The van der Waals surface area contributed by atoms with E-state index in [1.54, 1.807) is 0 Å². The van der Waals surface area contributed by atoms with Crippen molar-refractivity contribution in [1.29, 1.82) is 0 Å². The van der Waals surface area contributed by atoms with Crippen molar-refractivity contribution in [3.8, 4) is 0 Å². The van der Waals surface area contributed by atoms with E-state index >= 15 is 0 Å². The highest BCUT2D eigenvalue weighted by Gasteiger charge is 2.01. The van der Waals surface area contributed by atoms with E-state index in [1.807, 2.05) is 0 Å². The molecule has 0 unspecified atom stereocenters. The van der Waals surface area contributed by atoms with Crippen LogP contribution in [0.5, 0.6) is 0 Å². The molecule has 0 aliphatic carbocycles. The van der Waals surface area contributed by atoms with E-state index in [9.17, 15) is 0 Å². The Morgan fingerprint density at radius 2 is 2.06 bits per heavy atom. The maximum Gasteiger partial charge on any atom is 0.0886 e. The molecule has 0 fully saturated rings. The molecule has 0 radical (unpaired) electrons. The number of nitrogens with one attached hydrogen (secondary N) is 2. The van der Waals surface area contributed by atoms with Gasteiger partial charge in [-0.05, 0) is 42.9 Å². The van der Waals surface area contributed by atoms with Crippen molar-refractivity contribution >= 4 is 5.69 Å². The smallest absolute Gasteiger partial charge is 0.0886 e. The Hall–Kier alpha value is -1.06. The third kappa shape index (κ3) is 4.21. The lowest BCUT2D eigenvalue weighted by Crippen LogP contribution is -2.17. The Kier molecular flexibility index (Phi) is 5.29. The van der Waals surface area contributed by atoms with E-state index in [1.165, 1.54) is 17.5 Å². The zero-order valence-electron chi connectivity index (χ0n) is 10.4. The van der Waals surface area contributed by atoms with Crippen LogP contribution in [0.25, 0.3) is 0 Å². The van der Waals surface area contributed by atoms with Gasteiger partial charge in [-0.15, -0.1) is 0 Å². The molecule has 1 rings (SSSR count). The fourth-order valence-electron chi connectivity index (χ4n) is 1.67. The molecule has 0 aliphatic heterocycles. The largest absolute Gasteiger partial charge is 0.370 e. The number of hydrogen-bond acceptors (Lipinski definition) is 3. The zero-order valence-corrected chi connectivity index (χ0v) is 10.4. The van der Waals surface area contributed by atoms with Gasteiger partial charge in [0.25, 0.3) is 0 Å². The summed E-state index contributed by atoms with van der Waals surface area (Å²) in [5, 5.41) is 11.6. The van der Waals surface area contributed by atoms with Gasteiger partial charge in [0.05, 0.1) is 6.67 Å². The molecular weight excluding hydrogens is 200 g/mol. The zero-order chi connectivity index (χ0) is 12.0. The second kappa shape index (κ2) is 6.51. The molecule has 0 heterocycles. The summed E-state index contributed by atoms with van der Waals surface area (Å²) >= 11 is 0. The van der Waals surface area contributed by atoms with Crippen LogP contribution in [-0.4, -0.2) is 11.9 Å². The number of aryl methyl sites for hydroxylation is 2. The molecule has 0 atom stereocenters. The van der Waals surface area contributed by atoms with E-state index in [0.29, 0.717) is 6.67 Å². The second-order valence-corrected chi connectivity index (χ2v) is 4.59. The number of anilines is 1. The predicted molar refractivity (Wildman–Crippen MR) is 67.7 cm³/mol. The highest BCUT2D eigenvalue weighted by molar-refractivity contribution is 5.51. The summed E-state index contributed by atoms with van der Waals surface area (Å²) < 4.78 is 0. The van der Waals surface area contributed by atoms with Crippen LogP contribution in [0.4, 0.5) is 5.69 Å². The first kappa shape index (κ1) is 13.0. The van der Waals surface area contributed by atoms with E-state index in [-0.39, 0.29) is 0 Å². The summed E-state index contributed by atoms with van der Waals surface area (Å²) in [4.78, 5) is 0. The fourth-order valence-corrected chi connectivity index (χ4v) is 1.67. The van der Waals surface area contributed by atoms with Crippen LogP contribution in [0.1, 0.15) is 31.4 Å². The molecule has 0 aliphatic rings. The lowest BCUT2D eigenvalue weighted by atomic mass is 10.0. The quantitative estimate of drug-likeness (QED) is 0.512. The lowest BCUT2D eigenvalue weighted by molar-refractivity contribution is 0.175. The summed E-state index contributed by atoms with van der Waals surface area (Å²) in [7, 11) is 0. The van der Waals surface area contributed by atoms with Crippen LogP contribution in [0.2, 0.25) is 0 Å². The van der Waals surface area contributed by atoms with Crippen LogP contribution < -0.4 is 10.8 Å². The molecule has 0 bridgehead atoms. The normalized spacial score (nSPS) is 10.8. The Bertz CT molecular complexity index is 324. The molecule has 0 amide bonds. The molecule has 3 N–H and O–H groups in total. The minimum atomic E-state index is 0.367. The molecule has 16 heavy (non-hydrogen) atoms. The first-order chi connectivity index (χ1) is 7.63. The monoisotopic (exact) mass is 222 g/mol. The van der Waals surface area contributed by atoms with Crippen molar-refractivity contribution in [3.05, 3.63) is 29.3 Å². The Morgan fingerprint density at radius 3 is 2.62 bits per heavy atom. The average molecular weight is 222 g/mol.